The minimum Gasteiger partial charge on any atom is -0.417 e. The molecule has 1 fully saturated rings. The minimum atomic E-state index is -1.73. The van der Waals surface area contributed by atoms with Gasteiger partial charge in [-0.15, -0.1) is 0 Å². The number of rotatable bonds is 9. The highest BCUT2D eigenvalue weighted by Crippen LogP contribution is 2.39. The van der Waals surface area contributed by atoms with Crippen LogP contribution in [0.25, 0.3) is 21.9 Å². The first kappa shape index (κ1) is 28.2. The van der Waals surface area contributed by atoms with Gasteiger partial charge < -0.3 is 18.3 Å². The van der Waals surface area contributed by atoms with Crippen molar-refractivity contribution in [3.63, 3.8) is 0 Å². The fourth-order valence-electron chi connectivity index (χ4n) is 4.86. The van der Waals surface area contributed by atoms with Gasteiger partial charge in [0, 0.05) is 45.1 Å². The Balaban J connectivity index is 1.51. The molecule has 3 aromatic heterocycles. The van der Waals surface area contributed by atoms with Crippen LogP contribution in [0.15, 0.2) is 29.6 Å². The lowest BCUT2D eigenvalue weighted by molar-refractivity contribution is 0.0899. The predicted octanol–water partition coefficient (Wildman–Crippen LogP) is 6.81. The molecule has 1 saturated carbocycles. The highest BCUT2D eigenvalue weighted by Gasteiger charge is 2.38. The molecule has 0 spiro atoms. The first-order chi connectivity index (χ1) is 17.3. The average Bonchev–Trinajstić information content (AvgIpc) is 3.23. The van der Waals surface area contributed by atoms with Crippen molar-refractivity contribution in [1.29, 1.82) is 0 Å². The van der Waals surface area contributed by atoms with Crippen LogP contribution in [0.4, 0.5) is 0 Å². The molecular weight excluding hydrogens is 497 g/mol. The summed E-state index contributed by atoms with van der Waals surface area (Å²) in [6.07, 6.45) is 9.87. The van der Waals surface area contributed by atoms with Gasteiger partial charge in [-0.05, 0) is 61.8 Å². The van der Waals surface area contributed by atoms with E-state index in [1.807, 2.05) is 10.8 Å². The van der Waals surface area contributed by atoms with E-state index in [-0.39, 0.29) is 10.6 Å². The molecule has 1 aliphatic carbocycles. The molecule has 0 bridgehead atoms. The number of nitrogens with zero attached hydrogens (tertiary/aromatic N) is 4. The Morgan fingerprint density at radius 1 is 1.03 bits per heavy atom. The molecule has 0 N–H and O–H groups in total. The number of ether oxygens (including phenoxy) is 1. The number of hydrogen-bond donors (Lipinski definition) is 0. The van der Waals surface area contributed by atoms with Crippen molar-refractivity contribution in [2.45, 2.75) is 103 Å². The highest BCUT2D eigenvalue weighted by atomic mass is 28.4. The molecule has 0 atom stereocenters. The topological polar surface area (TPSA) is 71.2 Å². The molecule has 1 aliphatic rings. The van der Waals surface area contributed by atoms with Gasteiger partial charge in [-0.1, -0.05) is 40.4 Å². The van der Waals surface area contributed by atoms with Crippen molar-refractivity contribution in [1.82, 2.24) is 19.1 Å². The molecule has 204 valence electrons. The molecule has 4 rings (SSSR count). The summed E-state index contributed by atoms with van der Waals surface area (Å²) < 4.78 is 16.8. The summed E-state index contributed by atoms with van der Waals surface area (Å²) in [6, 6.07) is 3.53. The van der Waals surface area contributed by atoms with Crippen molar-refractivity contribution in [3.05, 3.63) is 35.1 Å². The third-order valence-electron chi connectivity index (χ3n) is 8.47. The van der Waals surface area contributed by atoms with Crippen LogP contribution in [0.3, 0.4) is 0 Å². The molecule has 3 heterocycles. The predicted molar refractivity (Wildman–Crippen MR) is 158 cm³/mol. The van der Waals surface area contributed by atoms with Gasteiger partial charge in [-0.25, -0.2) is 4.98 Å². The van der Waals surface area contributed by atoms with Crippen LogP contribution in [0.1, 0.15) is 52.5 Å². The van der Waals surface area contributed by atoms with Crippen molar-refractivity contribution in [3.8, 4) is 0 Å². The lowest BCUT2D eigenvalue weighted by Gasteiger charge is -2.38. The van der Waals surface area contributed by atoms with Gasteiger partial charge in [0.15, 0.2) is 8.32 Å². The summed E-state index contributed by atoms with van der Waals surface area (Å²) in [7, 11) is -2.86. The maximum Gasteiger partial charge on any atom is 0.282 e. The van der Waals surface area contributed by atoms with Crippen LogP contribution < -0.4 is 5.56 Å². The standard InChI is InChI=1S/C28H46N4O3Si2/c1-28(2,3)37(7,8)35-18-21-9-11-22(12-10-21)32-19-30-27(33)24-17-29-26-23(25(24)32)13-14-31(26)20-34-15-16-36(4,5)6/h13-14,17,19,21-22H,9-12,15-16,18,20H2,1-8H3. The van der Waals surface area contributed by atoms with Gasteiger partial charge in [-0.2, -0.15) is 4.98 Å². The van der Waals surface area contributed by atoms with Crippen LogP contribution in [0.2, 0.25) is 43.8 Å². The first-order valence-corrected chi connectivity index (χ1v) is 20.4. The Morgan fingerprint density at radius 2 is 1.73 bits per heavy atom. The van der Waals surface area contributed by atoms with Gasteiger partial charge >= 0.3 is 0 Å². The monoisotopic (exact) mass is 542 g/mol. The summed E-state index contributed by atoms with van der Waals surface area (Å²) in [6.45, 7) is 20.7. The first-order valence-electron chi connectivity index (χ1n) is 13.8. The van der Waals surface area contributed by atoms with E-state index in [1.165, 1.54) is 0 Å². The van der Waals surface area contributed by atoms with Gasteiger partial charge in [0.25, 0.3) is 5.56 Å². The van der Waals surface area contributed by atoms with Crippen LogP contribution in [-0.2, 0) is 15.9 Å². The quantitative estimate of drug-likeness (QED) is 0.219. The van der Waals surface area contributed by atoms with E-state index in [9.17, 15) is 4.79 Å². The van der Waals surface area contributed by atoms with Gasteiger partial charge in [0.2, 0.25) is 0 Å². The van der Waals surface area contributed by atoms with E-state index in [1.54, 1.807) is 12.5 Å². The molecule has 9 heteroatoms. The molecule has 0 aliphatic heterocycles. The summed E-state index contributed by atoms with van der Waals surface area (Å²) >= 11 is 0. The molecular formula is C28H46N4O3Si2. The zero-order valence-electron chi connectivity index (χ0n) is 24.1. The van der Waals surface area contributed by atoms with Crippen LogP contribution in [0, 0.1) is 5.92 Å². The lowest BCUT2D eigenvalue weighted by Crippen LogP contribution is -2.42. The van der Waals surface area contributed by atoms with Gasteiger partial charge in [0.05, 0.1) is 17.2 Å². The van der Waals surface area contributed by atoms with E-state index >= 15 is 0 Å². The van der Waals surface area contributed by atoms with Crippen LogP contribution in [-0.4, -0.2) is 48.7 Å². The number of aromatic nitrogens is 4. The van der Waals surface area contributed by atoms with E-state index < -0.39 is 16.4 Å². The number of fused-ring (bicyclic) bond motifs is 3. The summed E-state index contributed by atoms with van der Waals surface area (Å²) in [4.78, 5) is 21.5. The molecule has 0 unspecified atom stereocenters. The third kappa shape index (κ3) is 6.43. The molecule has 3 aromatic rings. The highest BCUT2D eigenvalue weighted by molar-refractivity contribution is 6.76. The SMILES string of the molecule is CC(C)(C)[Si](C)(C)OCC1CCC(n2cnc(=O)c3cnc4c(ccn4COCC[Si](C)(C)C)c32)CC1. The summed E-state index contributed by atoms with van der Waals surface area (Å²) in [5.41, 5.74) is 1.60. The third-order valence-corrected chi connectivity index (χ3v) is 14.7. The maximum atomic E-state index is 12.7. The van der Waals surface area contributed by atoms with E-state index in [0.717, 1.165) is 61.5 Å². The molecule has 0 radical (unpaired) electrons. The smallest absolute Gasteiger partial charge is 0.282 e. The molecule has 0 saturated heterocycles. The van der Waals surface area contributed by atoms with Crippen LogP contribution in [0.5, 0.6) is 0 Å². The molecule has 37 heavy (non-hydrogen) atoms. The molecule has 0 amide bonds. The van der Waals surface area contributed by atoms with E-state index in [2.05, 4.69) is 74.1 Å². The second-order valence-corrected chi connectivity index (χ2v) is 24.0. The largest absolute Gasteiger partial charge is 0.417 e. The Kier molecular flexibility index (Phi) is 8.19. The lowest BCUT2D eigenvalue weighted by atomic mass is 9.86. The zero-order valence-corrected chi connectivity index (χ0v) is 26.1. The Bertz CT molecular complexity index is 1280. The van der Waals surface area contributed by atoms with Gasteiger partial charge in [0.1, 0.15) is 12.4 Å². The van der Waals surface area contributed by atoms with E-state index in [0.29, 0.717) is 24.1 Å². The van der Waals surface area contributed by atoms with Crippen molar-refractivity contribution < 1.29 is 9.16 Å². The maximum absolute atomic E-state index is 12.7. The number of hydrogen-bond acceptors (Lipinski definition) is 5. The summed E-state index contributed by atoms with van der Waals surface area (Å²) in [5.74, 6) is 0.597. The zero-order chi connectivity index (χ0) is 27.0. The molecule has 7 nitrogen and oxygen atoms in total. The second kappa shape index (κ2) is 10.7. The normalized spacial score (nSPS) is 19.7. The molecule has 0 aromatic carbocycles. The Morgan fingerprint density at radius 3 is 2.38 bits per heavy atom. The van der Waals surface area contributed by atoms with Gasteiger partial charge in [-0.3, -0.25) is 4.79 Å². The average molecular weight is 543 g/mol. The van der Waals surface area contributed by atoms with Crippen LogP contribution >= 0.6 is 0 Å². The fourth-order valence-corrected chi connectivity index (χ4v) is 6.70. The Hall–Kier alpha value is -1.82. The number of pyridine rings is 1. The van der Waals surface area contributed by atoms with Crippen molar-refractivity contribution >= 4 is 38.3 Å². The Labute approximate surface area is 223 Å². The van der Waals surface area contributed by atoms with Crippen molar-refractivity contribution in [2.24, 2.45) is 5.92 Å². The minimum absolute atomic E-state index is 0.212. The summed E-state index contributed by atoms with van der Waals surface area (Å²) in [5, 5.41) is 1.82. The fraction of sp³-hybridized carbons (Fsp3) is 0.679. The van der Waals surface area contributed by atoms with Crippen molar-refractivity contribution in [2.75, 3.05) is 13.2 Å². The second-order valence-electron chi connectivity index (χ2n) is 13.6. The van der Waals surface area contributed by atoms with E-state index in [4.69, 9.17) is 9.16 Å².